The van der Waals surface area contributed by atoms with Gasteiger partial charge in [-0.25, -0.2) is 8.42 Å². The Morgan fingerprint density at radius 2 is 1.90 bits per heavy atom. The molecule has 0 aliphatic carbocycles. The second-order valence-corrected chi connectivity index (χ2v) is 12.9. The second kappa shape index (κ2) is 13.3. The fraction of sp³-hybridized carbons (Fsp3) is 0.357. The molecule has 2 aromatic heterocycles. The Labute approximate surface area is 242 Å². The maximum atomic E-state index is 13.8. The molecule has 0 aliphatic rings. The summed E-state index contributed by atoms with van der Waals surface area (Å²) in [5.41, 5.74) is 2.98. The van der Waals surface area contributed by atoms with Crippen molar-refractivity contribution in [2.24, 2.45) is 11.8 Å². The number of carbonyl (C=O) groups is 2. The molecule has 4 aromatic rings. The van der Waals surface area contributed by atoms with Gasteiger partial charge in [0.1, 0.15) is 12.1 Å². The van der Waals surface area contributed by atoms with Crippen molar-refractivity contribution >= 4 is 50.4 Å². The van der Waals surface area contributed by atoms with E-state index in [0.29, 0.717) is 5.52 Å². The number of aliphatic hydroxyl groups is 1. The molecule has 0 saturated heterocycles. The van der Waals surface area contributed by atoms with E-state index in [1.807, 2.05) is 44.2 Å². The molecule has 0 bridgehead atoms. The van der Waals surface area contributed by atoms with E-state index in [4.69, 9.17) is 9.15 Å². The number of nitrogens with zero attached hydrogens (tertiary/aromatic N) is 3. The molecule has 2 aromatic carbocycles. The number of hydrogen-bond acceptors (Lipinski definition) is 10. The molecule has 1 amide bonds. The molecular weight excluding hydrogens is 568 g/mol. The van der Waals surface area contributed by atoms with Crippen LogP contribution < -0.4 is 5.32 Å². The van der Waals surface area contributed by atoms with Crippen molar-refractivity contribution in [3.05, 3.63) is 70.7 Å². The summed E-state index contributed by atoms with van der Waals surface area (Å²) in [6, 6.07) is 13.3. The van der Waals surface area contributed by atoms with E-state index < -0.39 is 28.0 Å². The molecule has 2 atom stereocenters. The van der Waals surface area contributed by atoms with Crippen LogP contribution in [0.2, 0.25) is 0 Å². The summed E-state index contributed by atoms with van der Waals surface area (Å²) < 4.78 is 39.8. The van der Waals surface area contributed by atoms with E-state index in [0.717, 1.165) is 10.4 Å². The van der Waals surface area contributed by atoms with Gasteiger partial charge in [0, 0.05) is 32.3 Å². The number of hydrogen-bond donors (Lipinski definition) is 2. The van der Waals surface area contributed by atoms with Crippen LogP contribution in [-0.4, -0.2) is 58.9 Å². The quantitative estimate of drug-likeness (QED) is 0.218. The molecule has 0 radical (unpaired) electrons. The van der Waals surface area contributed by atoms with E-state index in [1.54, 1.807) is 11.7 Å². The molecule has 13 heteroatoms. The number of oxazole rings is 1. The lowest BCUT2D eigenvalue weighted by Gasteiger charge is -2.29. The SMILES string of the molecule is CC(=O)Nc1nc2ccc(S(=O)(=O)N(CC(C)C)CC(O)C(Cc3ccccc3)C(=O)OCc3cncs3)cc2o1. The minimum Gasteiger partial charge on any atom is -0.460 e. The van der Waals surface area contributed by atoms with Crippen LogP contribution in [0.1, 0.15) is 31.2 Å². The highest BCUT2D eigenvalue weighted by Gasteiger charge is 2.35. The van der Waals surface area contributed by atoms with Crippen molar-refractivity contribution in [1.29, 1.82) is 0 Å². The number of fused-ring (bicyclic) bond motifs is 1. The van der Waals surface area contributed by atoms with Crippen LogP contribution in [0.5, 0.6) is 0 Å². The van der Waals surface area contributed by atoms with Gasteiger partial charge in [0.05, 0.1) is 27.3 Å². The molecule has 0 spiro atoms. The molecule has 41 heavy (non-hydrogen) atoms. The van der Waals surface area contributed by atoms with Crippen LogP contribution in [0.25, 0.3) is 11.1 Å². The molecule has 4 rings (SSSR count). The number of aliphatic hydroxyl groups excluding tert-OH is 1. The van der Waals surface area contributed by atoms with E-state index in [-0.39, 0.29) is 54.4 Å². The summed E-state index contributed by atoms with van der Waals surface area (Å²) in [6.07, 6.45) is 0.398. The minimum atomic E-state index is -4.14. The lowest BCUT2D eigenvalue weighted by molar-refractivity contribution is -0.154. The Bertz CT molecular complexity index is 1570. The van der Waals surface area contributed by atoms with Gasteiger partial charge in [-0.3, -0.25) is 19.9 Å². The predicted molar refractivity (Wildman–Crippen MR) is 153 cm³/mol. The number of amides is 1. The lowest BCUT2D eigenvalue weighted by atomic mass is 9.93. The predicted octanol–water partition coefficient (Wildman–Crippen LogP) is 3.85. The molecule has 2 unspecified atom stereocenters. The standard InChI is InChI=1S/C28H32N4O7S2/c1-18(2)14-32(41(36,37)22-9-10-24-26(12-22)39-28(31-24)30-19(3)33)15-25(34)23(11-20-7-5-4-6-8-20)27(35)38-16-21-13-29-17-40-21/h4-10,12-13,17-18,23,25,34H,11,14-16H2,1-3H3,(H,30,31,33). The van der Waals surface area contributed by atoms with Crippen LogP contribution in [0.4, 0.5) is 6.01 Å². The summed E-state index contributed by atoms with van der Waals surface area (Å²) >= 11 is 1.34. The fourth-order valence-electron chi connectivity index (χ4n) is 4.24. The average Bonchev–Trinajstić information content (AvgIpc) is 3.59. The van der Waals surface area contributed by atoms with Gasteiger partial charge < -0.3 is 14.3 Å². The number of anilines is 1. The van der Waals surface area contributed by atoms with Gasteiger partial charge in [0.25, 0.3) is 0 Å². The smallest absolute Gasteiger partial charge is 0.312 e. The summed E-state index contributed by atoms with van der Waals surface area (Å²) in [4.78, 5) is 33.4. The van der Waals surface area contributed by atoms with Crippen LogP contribution in [0, 0.1) is 11.8 Å². The third-order valence-electron chi connectivity index (χ3n) is 6.15. The number of esters is 1. The first-order valence-electron chi connectivity index (χ1n) is 13.0. The topological polar surface area (TPSA) is 152 Å². The monoisotopic (exact) mass is 600 g/mol. The zero-order valence-electron chi connectivity index (χ0n) is 22.9. The van der Waals surface area contributed by atoms with Crippen LogP contribution in [-0.2, 0) is 37.4 Å². The van der Waals surface area contributed by atoms with Gasteiger partial charge in [-0.15, -0.1) is 11.3 Å². The number of sulfonamides is 1. The maximum absolute atomic E-state index is 13.8. The van der Waals surface area contributed by atoms with Crippen molar-refractivity contribution < 1.29 is 32.3 Å². The van der Waals surface area contributed by atoms with Crippen molar-refractivity contribution in [2.75, 3.05) is 18.4 Å². The van der Waals surface area contributed by atoms with Crippen molar-refractivity contribution in [1.82, 2.24) is 14.3 Å². The number of nitrogens with one attached hydrogen (secondary N) is 1. The Kier molecular flexibility index (Phi) is 9.86. The molecule has 2 N–H and O–H groups in total. The van der Waals surface area contributed by atoms with Crippen molar-refractivity contribution in [2.45, 2.75) is 44.8 Å². The molecular formula is C28H32N4O7S2. The normalized spacial score (nSPS) is 13.4. The Balaban J connectivity index is 1.59. The van der Waals surface area contributed by atoms with E-state index in [1.165, 1.54) is 40.8 Å². The highest BCUT2D eigenvalue weighted by Crippen LogP contribution is 2.26. The van der Waals surface area contributed by atoms with E-state index in [9.17, 15) is 23.1 Å². The number of thiazole rings is 1. The van der Waals surface area contributed by atoms with Crippen molar-refractivity contribution in [3.8, 4) is 0 Å². The lowest BCUT2D eigenvalue weighted by Crippen LogP contribution is -2.44. The Hall–Kier alpha value is -3.65. The summed E-state index contributed by atoms with van der Waals surface area (Å²) in [5.74, 6) is -2.11. The zero-order chi connectivity index (χ0) is 29.6. The largest absolute Gasteiger partial charge is 0.460 e. The Morgan fingerprint density at radius 1 is 1.15 bits per heavy atom. The van der Waals surface area contributed by atoms with Gasteiger partial charge in [-0.1, -0.05) is 44.2 Å². The zero-order valence-corrected chi connectivity index (χ0v) is 24.5. The Morgan fingerprint density at radius 3 is 2.56 bits per heavy atom. The maximum Gasteiger partial charge on any atom is 0.312 e. The molecule has 11 nitrogen and oxygen atoms in total. The molecule has 2 heterocycles. The molecule has 218 valence electrons. The highest BCUT2D eigenvalue weighted by atomic mass is 32.2. The summed E-state index contributed by atoms with van der Waals surface area (Å²) in [7, 11) is -4.14. The van der Waals surface area contributed by atoms with Gasteiger partial charge in [-0.05, 0) is 30.0 Å². The number of aromatic nitrogens is 2. The highest BCUT2D eigenvalue weighted by molar-refractivity contribution is 7.89. The molecule has 0 fully saturated rings. The van der Waals surface area contributed by atoms with Gasteiger partial charge in [-0.2, -0.15) is 9.29 Å². The molecule has 0 saturated carbocycles. The average molecular weight is 601 g/mol. The first-order valence-corrected chi connectivity index (χ1v) is 15.3. The van der Waals surface area contributed by atoms with E-state index in [2.05, 4.69) is 15.3 Å². The first-order chi connectivity index (χ1) is 19.5. The van der Waals surface area contributed by atoms with Crippen LogP contribution in [0.15, 0.2) is 69.6 Å². The second-order valence-electron chi connectivity index (χ2n) is 9.98. The van der Waals surface area contributed by atoms with Crippen LogP contribution >= 0.6 is 11.3 Å². The summed E-state index contributed by atoms with van der Waals surface area (Å²) in [6.45, 7) is 4.80. The summed E-state index contributed by atoms with van der Waals surface area (Å²) in [5, 5.41) is 13.8. The van der Waals surface area contributed by atoms with Crippen LogP contribution in [0.3, 0.4) is 0 Å². The first kappa shape index (κ1) is 30.3. The minimum absolute atomic E-state index is 0.00713. The fourth-order valence-corrected chi connectivity index (χ4v) is 6.38. The number of ether oxygens (including phenoxy) is 1. The van der Waals surface area contributed by atoms with Gasteiger partial charge in [0.15, 0.2) is 5.58 Å². The number of benzene rings is 2. The van der Waals surface area contributed by atoms with E-state index >= 15 is 0 Å². The number of carbonyl (C=O) groups excluding carboxylic acids is 2. The molecule has 0 aliphatic heterocycles. The third kappa shape index (κ3) is 7.97. The van der Waals surface area contributed by atoms with Gasteiger partial charge in [0.2, 0.25) is 15.9 Å². The third-order valence-corrected chi connectivity index (χ3v) is 8.73. The van der Waals surface area contributed by atoms with Crippen molar-refractivity contribution in [3.63, 3.8) is 0 Å². The number of rotatable bonds is 13. The van der Waals surface area contributed by atoms with Gasteiger partial charge >= 0.3 is 12.0 Å².